The third-order valence-electron chi connectivity index (χ3n) is 14.5. The van der Waals surface area contributed by atoms with Crippen molar-refractivity contribution in [2.45, 2.75) is 70.1 Å². The fourth-order valence-electron chi connectivity index (χ4n) is 10.6. The quantitative estimate of drug-likeness (QED) is 0.199. The molecule has 0 bridgehead atoms. The number of alkyl halides is 3. The van der Waals surface area contributed by atoms with Crippen LogP contribution in [-0.2, 0) is 27.1 Å². The first-order valence-electron chi connectivity index (χ1n) is 23.1. The van der Waals surface area contributed by atoms with Crippen molar-refractivity contribution in [1.82, 2.24) is 30.0 Å². The van der Waals surface area contributed by atoms with Gasteiger partial charge in [0.1, 0.15) is 18.1 Å². The third-order valence-corrected chi connectivity index (χ3v) is 14.5. The summed E-state index contributed by atoms with van der Waals surface area (Å²) in [7, 11) is 0. The highest BCUT2D eigenvalue weighted by Gasteiger charge is 2.40. The number of hydrogen-bond acceptors (Lipinski definition) is 11. The van der Waals surface area contributed by atoms with Gasteiger partial charge in [0.15, 0.2) is 0 Å². The number of carbonyl (C=O) groups is 4. The molecule has 0 radical (unpaired) electrons. The normalized spacial score (nSPS) is 22.2. The molecule has 0 spiro atoms. The lowest BCUT2D eigenvalue weighted by molar-refractivity contribution is -0.138. The minimum absolute atomic E-state index is 0.135. The second-order valence-corrected chi connectivity index (χ2v) is 18.5. The number of nitrogens with zero attached hydrogens (tertiary/aromatic N) is 9. The zero-order valence-electron chi connectivity index (χ0n) is 36.6. The molecule has 65 heavy (non-hydrogen) atoms. The number of piperazine rings is 1. The van der Waals surface area contributed by atoms with Crippen molar-refractivity contribution >= 4 is 52.3 Å². The third kappa shape index (κ3) is 10.1. The Morgan fingerprint density at radius 1 is 0.738 bits per heavy atom. The number of hydrogen-bond donors (Lipinski definition) is 2. The topological polar surface area (TPSA) is 142 Å². The van der Waals surface area contributed by atoms with Gasteiger partial charge < -0.3 is 39.6 Å². The zero-order chi connectivity index (χ0) is 45.2. The van der Waals surface area contributed by atoms with Crippen molar-refractivity contribution < 1.29 is 32.3 Å². The van der Waals surface area contributed by atoms with Gasteiger partial charge in [-0.15, -0.1) is 4.98 Å². The number of piperidine rings is 4. The Balaban J connectivity index is 0.655. The summed E-state index contributed by atoms with van der Waals surface area (Å²) in [5.41, 5.74) is 3.01. The Labute approximate surface area is 377 Å². The molecule has 3 aromatic rings. The van der Waals surface area contributed by atoms with E-state index in [1.54, 1.807) is 9.80 Å². The zero-order valence-corrected chi connectivity index (χ0v) is 36.6. The first-order valence-corrected chi connectivity index (χ1v) is 23.1. The molecule has 0 aliphatic carbocycles. The maximum atomic E-state index is 13.5. The van der Waals surface area contributed by atoms with E-state index >= 15 is 0 Å². The average Bonchev–Trinajstić information content (AvgIpc) is 3.64. The maximum Gasteiger partial charge on any atom is 0.409 e. The number of benzene rings is 1. The number of imide groups is 1. The van der Waals surface area contributed by atoms with E-state index in [2.05, 4.69) is 51.1 Å². The molecule has 344 valence electrons. The molecular formula is C47H56F3N11O4. The monoisotopic (exact) mass is 895 g/mol. The highest BCUT2D eigenvalue weighted by atomic mass is 19.4. The molecule has 5 saturated heterocycles. The molecule has 1 atom stereocenters. The highest BCUT2D eigenvalue weighted by molar-refractivity contribution is 6.05. The Hall–Kier alpha value is -5.80. The summed E-state index contributed by atoms with van der Waals surface area (Å²) in [6.45, 7) is 18.7. The SMILES string of the molecule is [C-]#[N+]c1ncc(N2CCC(C(=O)Nc3ccc(N4CCC(CN5CCN(CC6CCN(c7ccc8c(c7)CN(C7CCC(=O)NC7=O)C8=O)CC6)CC5)CC4)cn3)CC2)cc1C(F)(F)F. The van der Waals surface area contributed by atoms with Gasteiger partial charge in [-0.3, -0.25) is 24.5 Å². The van der Waals surface area contributed by atoms with Gasteiger partial charge >= 0.3 is 6.18 Å². The number of aromatic nitrogens is 2. The van der Waals surface area contributed by atoms with Crippen molar-refractivity contribution in [2.24, 2.45) is 17.8 Å². The van der Waals surface area contributed by atoms with Crippen LogP contribution in [0.3, 0.4) is 0 Å². The summed E-state index contributed by atoms with van der Waals surface area (Å²) in [4.78, 5) is 75.0. The van der Waals surface area contributed by atoms with E-state index in [1.165, 1.54) is 6.20 Å². The molecule has 1 unspecified atom stereocenters. The summed E-state index contributed by atoms with van der Waals surface area (Å²) in [5.74, 6) is -0.115. The fourth-order valence-corrected chi connectivity index (χ4v) is 10.6. The van der Waals surface area contributed by atoms with E-state index < -0.39 is 23.6 Å². The molecule has 6 aliphatic rings. The van der Waals surface area contributed by atoms with Crippen LogP contribution in [0.1, 0.15) is 72.9 Å². The van der Waals surface area contributed by atoms with Crippen LogP contribution in [0.4, 0.5) is 41.9 Å². The van der Waals surface area contributed by atoms with Gasteiger partial charge in [-0.2, -0.15) is 13.2 Å². The number of amides is 4. The van der Waals surface area contributed by atoms with Crippen molar-refractivity contribution in [3.05, 3.63) is 76.9 Å². The summed E-state index contributed by atoms with van der Waals surface area (Å²) in [6.07, 6.45) is 4.50. The Kier molecular flexibility index (Phi) is 13.0. The van der Waals surface area contributed by atoms with Crippen molar-refractivity contribution in [1.29, 1.82) is 0 Å². The molecule has 4 amide bonds. The lowest BCUT2D eigenvalue weighted by Crippen LogP contribution is -2.52. The Morgan fingerprint density at radius 2 is 1.32 bits per heavy atom. The standard InChI is InChI=1S/C47H56F3N11O4/c1-51-43-39(47(48,49)50)25-37(27-53-43)60-18-12-33(13-19-60)44(63)54-41-6-3-36(26-52-41)59-16-10-32(11-17-59)29-57-22-20-56(21-23-57)28-31-8-14-58(15-9-31)35-2-4-38-34(24-35)30-61(46(38)65)40-5-7-42(62)55-45(40)64/h2-4,6,24-27,31-33,40H,5,7-23,28-30H2,(H,52,54,63)(H,55,62,64). The van der Waals surface area contributed by atoms with Gasteiger partial charge in [0.05, 0.1) is 23.1 Å². The van der Waals surface area contributed by atoms with Crippen LogP contribution in [0, 0.1) is 24.3 Å². The second kappa shape index (κ2) is 19.0. The molecule has 18 heteroatoms. The summed E-state index contributed by atoms with van der Waals surface area (Å²) in [6, 6.07) is 10.3. The predicted molar refractivity (Wildman–Crippen MR) is 239 cm³/mol. The first kappa shape index (κ1) is 44.4. The molecule has 15 nitrogen and oxygen atoms in total. The number of pyridine rings is 2. The average molecular weight is 896 g/mol. The summed E-state index contributed by atoms with van der Waals surface area (Å²) in [5, 5.41) is 5.31. The van der Waals surface area contributed by atoms with E-state index in [-0.39, 0.29) is 36.0 Å². The highest BCUT2D eigenvalue weighted by Crippen LogP contribution is 2.38. The van der Waals surface area contributed by atoms with Crippen molar-refractivity contribution in [2.75, 3.05) is 98.6 Å². The number of anilines is 4. The van der Waals surface area contributed by atoms with E-state index in [0.717, 1.165) is 114 Å². The van der Waals surface area contributed by atoms with Gasteiger partial charge in [-0.25, -0.2) is 4.98 Å². The summed E-state index contributed by atoms with van der Waals surface area (Å²) >= 11 is 0. The molecule has 2 aromatic heterocycles. The fraction of sp³-hybridized carbons (Fsp3) is 0.553. The van der Waals surface area contributed by atoms with Crippen LogP contribution >= 0.6 is 0 Å². The van der Waals surface area contributed by atoms with Crippen molar-refractivity contribution in [3.63, 3.8) is 0 Å². The van der Waals surface area contributed by atoms with E-state index in [0.29, 0.717) is 67.8 Å². The first-order chi connectivity index (χ1) is 31.4. The second-order valence-electron chi connectivity index (χ2n) is 18.5. The number of rotatable bonds is 10. The molecule has 5 fully saturated rings. The molecule has 0 saturated carbocycles. The number of halogens is 3. The Morgan fingerprint density at radius 3 is 1.91 bits per heavy atom. The Bertz CT molecular complexity index is 2290. The van der Waals surface area contributed by atoms with Crippen LogP contribution in [-0.4, -0.2) is 133 Å². The number of fused-ring (bicyclic) bond motifs is 1. The molecule has 8 heterocycles. The minimum Gasteiger partial charge on any atom is -0.372 e. The molecule has 2 N–H and O–H groups in total. The van der Waals surface area contributed by atoms with Crippen molar-refractivity contribution in [3.8, 4) is 0 Å². The lowest BCUT2D eigenvalue weighted by Gasteiger charge is -2.41. The maximum absolute atomic E-state index is 13.5. The van der Waals surface area contributed by atoms with Crippen LogP contribution in [0.25, 0.3) is 4.85 Å². The van der Waals surface area contributed by atoms with Gasteiger partial charge in [0, 0.05) is 109 Å². The molecular weight excluding hydrogens is 840 g/mol. The van der Waals surface area contributed by atoms with Gasteiger partial charge in [-0.05, 0) is 98.7 Å². The van der Waals surface area contributed by atoms with E-state index in [4.69, 9.17) is 6.57 Å². The molecule has 1 aromatic carbocycles. The molecule has 9 rings (SSSR count). The number of nitrogens with one attached hydrogen (secondary N) is 2. The van der Waals surface area contributed by atoms with Crippen LogP contribution < -0.4 is 25.3 Å². The van der Waals surface area contributed by atoms with Crippen LogP contribution in [0.2, 0.25) is 0 Å². The van der Waals surface area contributed by atoms with E-state index in [9.17, 15) is 32.3 Å². The van der Waals surface area contributed by atoms with Gasteiger partial charge in [0.25, 0.3) is 11.7 Å². The predicted octanol–water partition coefficient (Wildman–Crippen LogP) is 5.41. The van der Waals surface area contributed by atoms with Gasteiger partial charge in [0.2, 0.25) is 17.7 Å². The van der Waals surface area contributed by atoms with Gasteiger partial charge in [-0.1, -0.05) is 6.57 Å². The van der Waals surface area contributed by atoms with E-state index in [1.807, 2.05) is 30.5 Å². The van der Waals surface area contributed by atoms with Crippen LogP contribution in [0.5, 0.6) is 0 Å². The minimum atomic E-state index is -4.67. The largest absolute Gasteiger partial charge is 0.409 e. The van der Waals surface area contributed by atoms with Crippen LogP contribution in [0.15, 0.2) is 48.8 Å². The smallest absolute Gasteiger partial charge is 0.372 e. The number of carbonyl (C=O) groups excluding carboxylic acids is 4. The lowest BCUT2D eigenvalue weighted by atomic mass is 9.94. The molecule has 6 aliphatic heterocycles. The summed E-state index contributed by atoms with van der Waals surface area (Å²) < 4.78 is 40.4.